The van der Waals surface area contributed by atoms with Crippen molar-refractivity contribution in [1.82, 2.24) is 5.32 Å². The van der Waals surface area contributed by atoms with Crippen LogP contribution < -0.4 is 10.6 Å². The maximum atomic E-state index is 10.4. The largest absolute Gasteiger partial charge is 0.506 e. The Morgan fingerprint density at radius 1 is 1.14 bits per heavy atom. The lowest BCUT2D eigenvalue weighted by atomic mass is 9.91. The molecule has 0 aromatic heterocycles. The average molecular weight is 422 g/mol. The average Bonchev–Trinajstić information content (AvgIpc) is 2.51. The topological polar surface area (TPSA) is 44.3 Å². The van der Waals surface area contributed by atoms with Gasteiger partial charge in [-0.25, -0.2) is 0 Å². The third kappa shape index (κ3) is 2.23. The first kappa shape index (κ1) is 14.2. The van der Waals surface area contributed by atoms with Crippen molar-refractivity contribution < 1.29 is 5.11 Å². The second-order valence-electron chi connectivity index (χ2n) is 5.54. The van der Waals surface area contributed by atoms with Gasteiger partial charge in [-0.3, -0.25) is 0 Å². The van der Waals surface area contributed by atoms with Crippen LogP contribution >= 0.6 is 31.9 Å². The van der Waals surface area contributed by atoms with Gasteiger partial charge in [0.25, 0.3) is 0 Å². The van der Waals surface area contributed by atoms with E-state index in [1.807, 2.05) is 12.1 Å². The highest BCUT2D eigenvalue weighted by Crippen LogP contribution is 2.41. The van der Waals surface area contributed by atoms with E-state index in [4.69, 9.17) is 0 Å². The van der Waals surface area contributed by atoms with E-state index >= 15 is 0 Å². The SMILES string of the molecule is Oc1c(Br)cc(Br)cc1C1NC2=CCCc3cccc(c32)N1. The van der Waals surface area contributed by atoms with Crippen LogP contribution in [0.5, 0.6) is 5.75 Å². The molecule has 1 heterocycles. The van der Waals surface area contributed by atoms with Crippen molar-refractivity contribution in [3.8, 4) is 5.75 Å². The Balaban J connectivity index is 1.82. The summed E-state index contributed by atoms with van der Waals surface area (Å²) in [6, 6.07) is 10.1. The molecule has 2 aliphatic rings. The number of halogens is 2. The molecule has 5 heteroatoms. The van der Waals surface area contributed by atoms with Crippen LogP contribution in [-0.2, 0) is 6.42 Å². The summed E-state index contributed by atoms with van der Waals surface area (Å²) >= 11 is 6.89. The smallest absolute Gasteiger partial charge is 0.136 e. The van der Waals surface area contributed by atoms with E-state index in [1.165, 1.54) is 11.1 Å². The van der Waals surface area contributed by atoms with E-state index in [1.54, 1.807) is 0 Å². The fourth-order valence-electron chi connectivity index (χ4n) is 3.16. The Hall–Kier alpha value is -1.46. The van der Waals surface area contributed by atoms with E-state index in [0.29, 0.717) is 4.47 Å². The monoisotopic (exact) mass is 420 g/mol. The van der Waals surface area contributed by atoms with Gasteiger partial charge in [0.1, 0.15) is 11.9 Å². The number of benzene rings is 2. The molecule has 2 aromatic carbocycles. The van der Waals surface area contributed by atoms with Gasteiger partial charge in [-0.2, -0.15) is 0 Å². The number of nitrogens with one attached hydrogen (secondary N) is 2. The summed E-state index contributed by atoms with van der Waals surface area (Å²) in [4.78, 5) is 0. The zero-order valence-corrected chi connectivity index (χ0v) is 14.8. The minimum Gasteiger partial charge on any atom is -0.506 e. The van der Waals surface area contributed by atoms with Crippen molar-refractivity contribution in [2.45, 2.75) is 19.0 Å². The van der Waals surface area contributed by atoms with Crippen LogP contribution in [-0.4, -0.2) is 5.11 Å². The third-order valence-corrected chi connectivity index (χ3v) is 5.21. The van der Waals surface area contributed by atoms with E-state index < -0.39 is 0 Å². The zero-order valence-electron chi connectivity index (χ0n) is 11.7. The number of aryl methyl sites for hydroxylation is 1. The van der Waals surface area contributed by atoms with Crippen molar-refractivity contribution in [1.29, 1.82) is 0 Å². The lowest BCUT2D eigenvalue weighted by Crippen LogP contribution is -2.33. The Bertz CT molecular complexity index is 801. The normalized spacial score (nSPS) is 18.8. The van der Waals surface area contributed by atoms with Crippen molar-refractivity contribution in [3.63, 3.8) is 0 Å². The highest BCUT2D eigenvalue weighted by atomic mass is 79.9. The summed E-state index contributed by atoms with van der Waals surface area (Å²) in [5.41, 5.74) is 5.70. The van der Waals surface area contributed by atoms with Gasteiger partial charge in [-0.15, -0.1) is 0 Å². The molecule has 3 nitrogen and oxygen atoms in total. The Labute approximate surface area is 145 Å². The van der Waals surface area contributed by atoms with Gasteiger partial charge in [0.2, 0.25) is 0 Å². The van der Waals surface area contributed by atoms with Crippen molar-refractivity contribution >= 4 is 43.2 Å². The van der Waals surface area contributed by atoms with Crippen LogP contribution in [0.2, 0.25) is 0 Å². The maximum Gasteiger partial charge on any atom is 0.136 e. The molecule has 0 radical (unpaired) electrons. The van der Waals surface area contributed by atoms with Crippen LogP contribution in [0, 0.1) is 0 Å². The van der Waals surface area contributed by atoms with Gasteiger partial charge in [-0.05, 0) is 52.5 Å². The first-order valence-electron chi connectivity index (χ1n) is 7.17. The van der Waals surface area contributed by atoms with Gasteiger partial charge in [0, 0.05) is 27.0 Å². The minimum absolute atomic E-state index is 0.166. The second-order valence-corrected chi connectivity index (χ2v) is 7.31. The van der Waals surface area contributed by atoms with Crippen molar-refractivity contribution in [2.75, 3.05) is 5.32 Å². The lowest BCUT2D eigenvalue weighted by molar-refractivity contribution is 0.457. The molecule has 0 saturated carbocycles. The Kier molecular flexibility index (Phi) is 3.42. The number of hydrogen-bond acceptors (Lipinski definition) is 3. The predicted molar refractivity (Wildman–Crippen MR) is 95.7 cm³/mol. The maximum absolute atomic E-state index is 10.4. The summed E-state index contributed by atoms with van der Waals surface area (Å²) < 4.78 is 1.60. The molecule has 0 fully saturated rings. The van der Waals surface area contributed by atoms with Gasteiger partial charge in [0.05, 0.1) is 4.47 Å². The minimum atomic E-state index is -0.166. The molecule has 1 aliphatic heterocycles. The summed E-state index contributed by atoms with van der Waals surface area (Å²) in [6.07, 6.45) is 4.19. The van der Waals surface area contributed by atoms with Crippen LogP contribution in [0.3, 0.4) is 0 Å². The van der Waals surface area contributed by atoms with E-state index in [-0.39, 0.29) is 11.9 Å². The summed E-state index contributed by atoms with van der Waals surface area (Å²) in [6.45, 7) is 0. The van der Waals surface area contributed by atoms with Gasteiger partial charge >= 0.3 is 0 Å². The van der Waals surface area contributed by atoms with Crippen molar-refractivity contribution in [2.24, 2.45) is 0 Å². The zero-order chi connectivity index (χ0) is 15.3. The van der Waals surface area contributed by atoms with E-state index in [9.17, 15) is 5.11 Å². The standard InChI is InChI=1S/C17H14Br2N2O/c18-10-7-11(16(22)12(19)8-10)17-20-13-5-1-3-9-4-2-6-14(21-17)15(9)13/h1,3,5-8,17,20-22H,2,4H2. The number of allylic oxidation sites excluding steroid dienone is 1. The van der Waals surface area contributed by atoms with Crippen molar-refractivity contribution in [3.05, 3.63) is 62.0 Å². The lowest BCUT2D eigenvalue weighted by Gasteiger charge is -2.34. The molecule has 0 spiro atoms. The fourth-order valence-corrected chi connectivity index (χ4v) is 4.42. The summed E-state index contributed by atoms with van der Waals surface area (Å²) in [7, 11) is 0. The predicted octanol–water partition coefficient (Wildman–Crippen LogP) is 4.92. The number of rotatable bonds is 1. The number of phenolic OH excluding ortho intramolecular Hbond substituents is 1. The highest BCUT2D eigenvalue weighted by molar-refractivity contribution is 9.11. The second kappa shape index (κ2) is 5.32. The van der Waals surface area contributed by atoms with Gasteiger partial charge in [-0.1, -0.05) is 34.1 Å². The molecular weight excluding hydrogens is 408 g/mol. The number of phenols is 1. The van der Waals surface area contributed by atoms with Crippen LogP contribution in [0.4, 0.5) is 5.69 Å². The molecule has 2 aromatic rings. The first-order chi connectivity index (χ1) is 10.6. The quantitative estimate of drug-likeness (QED) is 0.612. The third-order valence-electron chi connectivity index (χ3n) is 4.15. The molecular formula is C17H14Br2N2O. The number of aromatic hydroxyl groups is 1. The van der Waals surface area contributed by atoms with Crippen LogP contribution in [0.15, 0.2) is 45.4 Å². The number of hydrogen-bond donors (Lipinski definition) is 3. The van der Waals surface area contributed by atoms with Crippen LogP contribution in [0.25, 0.3) is 5.70 Å². The molecule has 0 amide bonds. The summed E-state index contributed by atoms with van der Waals surface area (Å²) in [5.74, 6) is 0.254. The number of anilines is 1. The first-order valence-corrected chi connectivity index (χ1v) is 8.75. The molecule has 3 N–H and O–H groups in total. The van der Waals surface area contributed by atoms with Gasteiger partial charge in [0.15, 0.2) is 0 Å². The molecule has 1 aliphatic carbocycles. The van der Waals surface area contributed by atoms with E-state index in [0.717, 1.165) is 34.3 Å². The van der Waals surface area contributed by atoms with Gasteiger partial charge < -0.3 is 15.7 Å². The highest BCUT2D eigenvalue weighted by Gasteiger charge is 2.27. The molecule has 0 saturated heterocycles. The molecule has 22 heavy (non-hydrogen) atoms. The summed E-state index contributed by atoms with van der Waals surface area (Å²) in [5, 5.41) is 17.4. The molecule has 112 valence electrons. The molecule has 1 unspecified atom stereocenters. The molecule has 1 atom stereocenters. The molecule has 0 bridgehead atoms. The van der Waals surface area contributed by atoms with E-state index in [2.05, 4.69) is 66.8 Å². The fraction of sp³-hybridized carbons (Fsp3) is 0.176. The molecule has 4 rings (SSSR count). The van der Waals surface area contributed by atoms with Crippen LogP contribution in [0.1, 0.15) is 29.3 Å². The Morgan fingerprint density at radius 2 is 2.00 bits per heavy atom. The Morgan fingerprint density at radius 3 is 2.86 bits per heavy atom.